The Balaban J connectivity index is 0.00000181. The van der Waals surface area contributed by atoms with Crippen LogP contribution in [0.1, 0.15) is 13.8 Å². The number of hydrogen-bond donors (Lipinski definition) is 2. The van der Waals surface area contributed by atoms with Crippen molar-refractivity contribution in [2.75, 3.05) is 30.9 Å². The first kappa shape index (κ1) is 25.8. The van der Waals surface area contributed by atoms with E-state index in [0.29, 0.717) is 30.5 Å². The van der Waals surface area contributed by atoms with Crippen molar-refractivity contribution in [1.82, 2.24) is 15.0 Å². The highest BCUT2D eigenvalue weighted by atomic mass is 79.9. The van der Waals surface area contributed by atoms with Crippen LogP contribution in [-0.4, -0.2) is 35.2 Å². The van der Waals surface area contributed by atoms with Gasteiger partial charge in [-0.1, -0.05) is 12.1 Å². The van der Waals surface area contributed by atoms with Crippen LogP contribution in [0.3, 0.4) is 0 Å². The molecule has 170 valence electrons. The third kappa shape index (κ3) is 5.67. The van der Waals surface area contributed by atoms with Crippen LogP contribution in [0, 0.1) is 0 Å². The maximum absolute atomic E-state index is 5.77. The van der Waals surface area contributed by atoms with Gasteiger partial charge in [-0.05, 0) is 32.0 Å². The number of fused-ring (bicyclic) bond motifs is 1. The Morgan fingerprint density at radius 1 is 0.969 bits per heavy atom. The average molecular weight is 583 g/mol. The van der Waals surface area contributed by atoms with Gasteiger partial charge < -0.3 is 20.1 Å². The van der Waals surface area contributed by atoms with E-state index < -0.39 is 0 Å². The first-order valence-corrected chi connectivity index (χ1v) is 10.6. The Morgan fingerprint density at radius 3 is 2.41 bits per heavy atom. The van der Waals surface area contributed by atoms with Crippen molar-refractivity contribution >= 4 is 72.8 Å². The smallest absolute Gasteiger partial charge is 0.182 e. The molecule has 7 nitrogen and oxygen atoms in total. The molecule has 0 unspecified atom stereocenters. The van der Waals surface area contributed by atoms with Gasteiger partial charge in [-0.3, -0.25) is 0 Å². The van der Waals surface area contributed by atoms with Gasteiger partial charge in [0.05, 0.1) is 24.4 Å². The minimum absolute atomic E-state index is 0. The molecule has 0 amide bonds. The highest BCUT2D eigenvalue weighted by Crippen LogP contribution is 2.35. The summed E-state index contributed by atoms with van der Waals surface area (Å²) >= 11 is 1.58. The maximum Gasteiger partial charge on any atom is 0.182 e. The molecule has 0 aliphatic carbocycles. The van der Waals surface area contributed by atoms with Gasteiger partial charge in [0.25, 0.3) is 0 Å². The summed E-state index contributed by atoms with van der Waals surface area (Å²) in [7, 11) is 1.87. The number of thiazole rings is 1. The van der Waals surface area contributed by atoms with E-state index in [1.165, 1.54) is 0 Å². The lowest BCUT2D eigenvalue weighted by atomic mass is 10.1. The average Bonchev–Trinajstić information content (AvgIpc) is 3.25. The van der Waals surface area contributed by atoms with Gasteiger partial charge in [0, 0.05) is 35.1 Å². The molecule has 2 heterocycles. The second kappa shape index (κ2) is 12.0. The molecule has 0 atom stereocenters. The number of nitrogens with one attached hydrogen (secondary N) is 2. The topological polar surface area (TPSA) is 81.2 Å². The van der Waals surface area contributed by atoms with Crippen molar-refractivity contribution < 1.29 is 9.47 Å². The summed E-state index contributed by atoms with van der Waals surface area (Å²) in [5.41, 5.74) is 3.66. The summed E-state index contributed by atoms with van der Waals surface area (Å²) < 4.78 is 11.5. The second-order valence-electron chi connectivity index (χ2n) is 6.40. The number of ether oxygens (including phenoxy) is 2. The highest BCUT2D eigenvalue weighted by molar-refractivity contribution is 8.93. The van der Waals surface area contributed by atoms with Gasteiger partial charge in [-0.25, -0.2) is 15.0 Å². The molecule has 0 saturated carbocycles. The molecule has 2 N–H and O–H groups in total. The van der Waals surface area contributed by atoms with E-state index in [1.54, 1.807) is 17.7 Å². The molecule has 0 aliphatic rings. The van der Waals surface area contributed by atoms with E-state index in [2.05, 4.69) is 31.7 Å². The molecule has 10 heteroatoms. The minimum Gasteiger partial charge on any atom is -0.490 e. The number of rotatable bonds is 8. The molecule has 0 bridgehead atoms. The quantitative estimate of drug-likeness (QED) is 0.246. The van der Waals surface area contributed by atoms with E-state index >= 15 is 0 Å². The molecule has 2 aromatic heterocycles. The van der Waals surface area contributed by atoms with Crippen molar-refractivity contribution in [3.63, 3.8) is 0 Å². The number of nitrogens with zero attached hydrogens (tertiary/aromatic N) is 3. The lowest BCUT2D eigenvalue weighted by Crippen LogP contribution is -2.01. The Bertz CT molecular complexity index is 1170. The van der Waals surface area contributed by atoms with E-state index in [9.17, 15) is 0 Å². The van der Waals surface area contributed by atoms with Crippen LogP contribution < -0.4 is 20.1 Å². The zero-order valence-electron chi connectivity index (χ0n) is 17.9. The lowest BCUT2D eigenvalue weighted by Gasteiger charge is -2.14. The predicted molar refractivity (Wildman–Crippen MR) is 143 cm³/mol. The fourth-order valence-corrected chi connectivity index (χ4v) is 3.80. The summed E-state index contributed by atoms with van der Waals surface area (Å²) in [6.45, 7) is 5.00. The molecule has 32 heavy (non-hydrogen) atoms. The fourth-order valence-electron chi connectivity index (χ4n) is 3.11. The minimum atomic E-state index is 0. The highest BCUT2D eigenvalue weighted by Gasteiger charge is 2.12. The van der Waals surface area contributed by atoms with E-state index in [-0.39, 0.29) is 34.0 Å². The third-order valence-corrected chi connectivity index (χ3v) is 5.30. The molecule has 4 aromatic rings. The number of aromatic nitrogens is 3. The van der Waals surface area contributed by atoms with E-state index in [1.807, 2.05) is 56.6 Å². The Kier molecular flexibility index (Phi) is 9.67. The van der Waals surface area contributed by atoms with E-state index in [4.69, 9.17) is 9.47 Å². The number of halogens is 2. The summed E-state index contributed by atoms with van der Waals surface area (Å²) in [6, 6.07) is 11.9. The SMILES string of the molecule is Br.Br.CCOc1cc2ncnc(Nc3cccc(-c4csc(NC)n4)c3)c2cc1OCC. The first-order valence-electron chi connectivity index (χ1n) is 9.77. The molecule has 2 aromatic carbocycles. The van der Waals surface area contributed by atoms with Gasteiger partial charge in [-0.15, -0.1) is 45.3 Å². The molecule has 0 spiro atoms. The van der Waals surface area contributed by atoms with Crippen molar-refractivity contribution in [2.45, 2.75) is 13.8 Å². The summed E-state index contributed by atoms with van der Waals surface area (Å²) in [6.07, 6.45) is 1.55. The number of hydrogen-bond acceptors (Lipinski definition) is 8. The third-order valence-electron chi connectivity index (χ3n) is 4.44. The van der Waals surface area contributed by atoms with Crippen LogP contribution in [0.25, 0.3) is 22.2 Å². The van der Waals surface area contributed by atoms with Gasteiger partial charge in [0.1, 0.15) is 12.1 Å². The number of benzene rings is 2. The van der Waals surface area contributed by atoms with Crippen LogP contribution in [0.2, 0.25) is 0 Å². The molecule has 0 fully saturated rings. The van der Waals surface area contributed by atoms with Crippen LogP contribution >= 0.6 is 45.3 Å². The summed E-state index contributed by atoms with van der Waals surface area (Å²) in [4.78, 5) is 13.4. The molecular weight excluding hydrogens is 558 g/mol. The van der Waals surface area contributed by atoms with Crippen LogP contribution in [0.15, 0.2) is 48.1 Å². The normalized spacial score (nSPS) is 10.1. The lowest BCUT2D eigenvalue weighted by molar-refractivity contribution is 0.288. The largest absolute Gasteiger partial charge is 0.490 e. The van der Waals surface area contributed by atoms with Gasteiger partial charge in [-0.2, -0.15) is 0 Å². The molecular formula is C22H25Br2N5O2S. The van der Waals surface area contributed by atoms with Gasteiger partial charge >= 0.3 is 0 Å². The maximum atomic E-state index is 5.77. The monoisotopic (exact) mass is 581 g/mol. The fraction of sp³-hybridized carbons (Fsp3) is 0.227. The summed E-state index contributed by atoms with van der Waals surface area (Å²) in [5.74, 6) is 2.07. The van der Waals surface area contributed by atoms with Crippen molar-refractivity contribution in [3.05, 3.63) is 48.1 Å². The Hall–Kier alpha value is -2.43. The van der Waals surface area contributed by atoms with Gasteiger partial charge in [0.15, 0.2) is 16.6 Å². The molecule has 0 radical (unpaired) electrons. The summed E-state index contributed by atoms with van der Waals surface area (Å²) in [5, 5.41) is 10.3. The van der Waals surface area contributed by atoms with Crippen LogP contribution in [-0.2, 0) is 0 Å². The van der Waals surface area contributed by atoms with Crippen molar-refractivity contribution in [2.24, 2.45) is 0 Å². The predicted octanol–water partition coefficient (Wildman–Crippen LogP) is 6.49. The van der Waals surface area contributed by atoms with Crippen molar-refractivity contribution in [3.8, 4) is 22.8 Å². The zero-order valence-corrected chi connectivity index (χ0v) is 22.2. The second-order valence-corrected chi connectivity index (χ2v) is 7.26. The van der Waals surface area contributed by atoms with E-state index in [0.717, 1.165) is 33.0 Å². The molecule has 0 aliphatic heterocycles. The molecule has 0 saturated heterocycles. The van der Waals surface area contributed by atoms with Crippen LogP contribution in [0.4, 0.5) is 16.6 Å². The Morgan fingerprint density at radius 2 is 1.72 bits per heavy atom. The standard InChI is InChI=1S/C22H23N5O2S.2BrH/c1-4-28-19-10-16-17(11-20(19)29-5-2)24-13-25-21(16)26-15-8-6-7-14(9-15)18-12-30-22(23-3)27-18;;/h6-13H,4-5H2,1-3H3,(H,23,27)(H,24,25,26);2*1H. The number of anilines is 3. The van der Waals surface area contributed by atoms with Gasteiger partial charge in [0.2, 0.25) is 0 Å². The Labute approximate surface area is 212 Å². The van der Waals surface area contributed by atoms with Crippen molar-refractivity contribution in [1.29, 1.82) is 0 Å². The van der Waals surface area contributed by atoms with Crippen LogP contribution in [0.5, 0.6) is 11.5 Å². The first-order chi connectivity index (χ1) is 14.7. The molecule has 4 rings (SSSR count). The zero-order chi connectivity index (χ0) is 20.9.